The van der Waals surface area contributed by atoms with Crippen LogP contribution in [0.3, 0.4) is 0 Å². The van der Waals surface area contributed by atoms with Crippen molar-refractivity contribution in [1.29, 1.82) is 0 Å². The fourth-order valence-corrected chi connectivity index (χ4v) is 10.6. The number of hydrogen-bond acceptors (Lipinski definition) is 16. The van der Waals surface area contributed by atoms with E-state index in [0.29, 0.717) is 56.9 Å². The van der Waals surface area contributed by atoms with E-state index < -0.39 is 94.0 Å². The third kappa shape index (κ3) is 36.5. The van der Waals surface area contributed by atoms with Gasteiger partial charge < -0.3 is 81.9 Å². The molecular formula is C89H76F10Ir4N22O5Pt-8. The molecule has 0 saturated heterocycles. The Bertz CT molecular complexity index is 5900. The molecule has 15 rings (SSSR count). The number of aromatic nitrogens is 15. The Hall–Kier alpha value is -12.9. The van der Waals surface area contributed by atoms with E-state index in [2.05, 4.69) is 85.6 Å². The molecule has 0 bridgehead atoms. The van der Waals surface area contributed by atoms with Gasteiger partial charge in [-0.05, 0) is 194 Å². The quantitative estimate of drug-likeness (QED) is 0.110. The van der Waals surface area contributed by atoms with Crippen LogP contribution in [0.1, 0.15) is 62.5 Å². The Balaban J connectivity index is 0.000000729. The Morgan fingerprint density at radius 3 is 0.802 bits per heavy atom. The molecular weight excluding hydrogens is 2610 g/mol. The topological polar surface area (TPSA) is 365 Å². The van der Waals surface area contributed by atoms with E-state index in [1.165, 1.54) is 6.20 Å². The number of carbonyl (C=O) groups excluding carboxylic acids is 5. The second kappa shape index (κ2) is 56.5. The number of aryl methyl sites for hydroxylation is 11. The number of carbonyl (C=O) groups is 5. The molecule has 5 amide bonds. The van der Waals surface area contributed by atoms with Crippen molar-refractivity contribution in [1.82, 2.24) is 73.8 Å². The second-order valence-electron chi connectivity index (χ2n) is 26.3. The van der Waals surface area contributed by atoms with Crippen LogP contribution in [0.2, 0.25) is 0 Å². The van der Waals surface area contributed by atoms with Crippen LogP contribution in [-0.4, -0.2) is 118 Å². The number of rotatable bonds is 6. The van der Waals surface area contributed by atoms with E-state index in [1.54, 1.807) is 191 Å². The normalized spacial score (nSPS) is 9.63. The number of amides is 5. The Labute approximate surface area is 815 Å². The van der Waals surface area contributed by atoms with Crippen molar-refractivity contribution >= 4 is 41.5 Å². The molecule has 5 aromatic carbocycles. The minimum atomic E-state index is -0.922. The Kier molecular flexibility index (Phi) is 50.1. The largest absolute Gasteiger partial charge is 2.00 e. The maximum atomic E-state index is 13.7. The molecule has 5 N–H and O–H groups in total. The first-order valence-electron chi connectivity index (χ1n) is 36.6. The molecule has 0 aliphatic rings. The van der Waals surface area contributed by atoms with Gasteiger partial charge in [-0.1, -0.05) is 101 Å². The van der Waals surface area contributed by atoms with Crippen molar-refractivity contribution in [2.75, 3.05) is 19.0 Å². The molecule has 27 nitrogen and oxygen atoms in total. The molecule has 131 heavy (non-hydrogen) atoms. The van der Waals surface area contributed by atoms with E-state index >= 15 is 0 Å². The van der Waals surface area contributed by atoms with Crippen LogP contribution in [0.15, 0.2) is 195 Å². The van der Waals surface area contributed by atoms with Crippen molar-refractivity contribution in [3.63, 3.8) is 0 Å². The van der Waals surface area contributed by atoms with Gasteiger partial charge in [0.1, 0.15) is 0 Å². The van der Waals surface area contributed by atoms with E-state index in [4.69, 9.17) is 35.2 Å². The van der Waals surface area contributed by atoms with Crippen molar-refractivity contribution in [3.8, 4) is 56.3 Å². The summed E-state index contributed by atoms with van der Waals surface area (Å²) < 4.78 is 136. The van der Waals surface area contributed by atoms with Gasteiger partial charge in [0.2, 0.25) is 0 Å². The van der Waals surface area contributed by atoms with Gasteiger partial charge in [-0.25, -0.2) is 0 Å². The van der Waals surface area contributed by atoms with Crippen molar-refractivity contribution in [2.45, 2.75) is 76.2 Å². The van der Waals surface area contributed by atoms with Crippen LogP contribution >= 0.6 is 0 Å². The summed E-state index contributed by atoms with van der Waals surface area (Å²) >= 11 is 0. The molecule has 15 aromatic rings. The molecule has 4 radical (unpaired) electrons. The molecule has 42 heteroatoms. The molecule has 10 heterocycles. The summed E-state index contributed by atoms with van der Waals surface area (Å²) in [5.74, 6) is -6.99. The summed E-state index contributed by atoms with van der Waals surface area (Å²) in [4.78, 5) is 76.8. The fourth-order valence-electron chi connectivity index (χ4n) is 10.6. The number of anilines is 1. The van der Waals surface area contributed by atoms with Crippen molar-refractivity contribution in [2.24, 2.45) is 0 Å². The van der Waals surface area contributed by atoms with Gasteiger partial charge in [0.05, 0.1) is 6.57 Å². The third-order valence-corrected chi connectivity index (χ3v) is 16.0. The number of pyridine rings is 5. The number of nitrogens with one attached hydrogen (secondary N) is 5. The second-order valence-corrected chi connectivity index (χ2v) is 26.3. The van der Waals surface area contributed by atoms with E-state index in [1.807, 2.05) is 38.1 Å². The van der Waals surface area contributed by atoms with Crippen LogP contribution in [0.5, 0.6) is 0 Å². The van der Waals surface area contributed by atoms with Crippen LogP contribution in [-0.2, 0) is 101 Å². The zero-order valence-corrected chi connectivity index (χ0v) is 82.9. The molecule has 10 aromatic heterocycles. The molecule has 696 valence electrons. The maximum absolute atomic E-state index is 13.7. The first kappa shape index (κ1) is 116. The third-order valence-electron chi connectivity index (χ3n) is 16.0. The van der Waals surface area contributed by atoms with Crippen LogP contribution in [0.25, 0.3) is 89.8 Å². The van der Waals surface area contributed by atoms with E-state index in [9.17, 15) is 67.9 Å². The fraction of sp³-hybridized carbons (Fsp3) is 0.146. The number of halogens is 10. The Morgan fingerprint density at radius 1 is 0.328 bits per heavy atom. The summed E-state index contributed by atoms with van der Waals surface area (Å²) in [6.45, 7) is 26.2. The van der Waals surface area contributed by atoms with E-state index in [0.717, 1.165) is 118 Å². The van der Waals surface area contributed by atoms with Gasteiger partial charge in [-0.15, -0.1) is 66.2 Å². The van der Waals surface area contributed by atoms with Gasteiger partial charge in [0.15, 0.2) is 35.8 Å². The molecule has 0 spiro atoms. The molecule has 0 saturated carbocycles. The number of nitrogens with zero attached hydrogens (tertiary/aromatic N) is 17. The Morgan fingerprint density at radius 2 is 0.580 bits per heavy atom. The van der Waals surface area contributed by atoms with Crippen molar-refractivity contribution in [3.05, 3.63) is 386 Å². The molecule has 0 unspecified atom stereocenters. The zero-order valence-electron chi connectivity index (χ0n) is 71.0. The van der Waals surface area contributed by atoms with Gasteiger partial charge in [-0.3, -0.25) is 98.2 Å². The molecule has 0 aliphatic heterocycles. The van der Waals surface area contributed by atoms with Crippen LogP contribution in [0.4, 0.5) is 79.3 Å². The predicted molar refractivity (Wildman–Crippen MR) is 452 cm³/mol. The summed E-state index contributed by atoms with van der Waals surface area (Å²) in [5, 5.41) is 18.9. The SMILES string of the molecule is CN(C)c1ccnc(-c2[c-]cc(F)cc2F)c1.Cc1cc(C)n(C([NH-])=O)n1.Cc1cc(C)n(C([NH-])=O)n1.Cc1cc(C)n(C([NH-])=O)n1.Cc1cc(C)n(C([NH-])=O)n1.Cc1cc(C)n(C([NH-])=O)n1.Cc1ccnc(-c2[c-]cc(F)cc2F)c1.Fc1c[c-]c(-c2ccccn2)c(F)c1.Fc1c[c-]c(-c2ccccn2)c(F)c1.[C-]#[N+]c1c(F)c[c-]c(-c2ccccn2)c1F.[Ir].[Ir].[Ir].[Ir].[Pt+2]. The predicted octanol–water partition coefficient (Wildman–Crippen LogP) is 22.6. The first-order valence-corrected chi connectivity index (χ1v) is 36.6. The summed E-state index contributed by atoms with van der Waals surface area (Å²) in [6.07, 6.45) is 7.75. The maximum Gasteiger partial charge on any atom is 2.00 e. The van der Waals surface area contributed by atoms with Gasteiger partial charge in [0, 0.05) is 218 Å². The van der Waals surface area contributed by atoms with E-state index in [-0.39, 0.29) is 129 Å². The average molecular weight is 2690 g/mol. The van der Waals surface area contributed by atoms with Crippen LogP contribution in [0, 0.1) is 171 Å². The average Bonchev–Trinajstić information content (AvgIpc) is 0.992. The summed E-state index contributed by atoms with van der Waals surface area (Å²) in [7, 11) is 3.76. The van der Waals surface area contributed by atoms with Gasteiger partial charge in [0.25, 0.3) is 0 Å². The monoisotopic (exact) mass is 2690 g/mol. The first-order chi connectivity index (χ1) is 59.6. The zero-order chi connectivity index (χ0) is 93.3. The smallest absolute Gasteiger partial charge is 0.446 e. The van der Waals surface area contributed by atoms with Gasteiger partial charge >= 0.3 is 21.1 Å². The minimum absolute atomic E-state index is 0. The van der Waals surface area contributed by atoms with Crippen LogP contribution < -0.4 is 4.90 Å². The summed E-state index contributed by atoms with van der Waals surface area (Å²) in [6, 6.07) is 48.2. The summed E-state index contributed by atoms with van der Waals surface area (Å²) in [5.41, 5.74) is 45.1. The van der Waals surface area contributed by atoms with Gasteiger partial charge in [-0.2, -0.15) is 0 Å². The molecule has 0 fully saturated rings. The standard InChI is InChI=1S/C13H11F2N2.C12H5F2N2.C12H8F2N.2C11H6F2N.5C6H9N3O.4Ir.Pt/c1-17(2)10-5-6-16-13(8-10)11-4-3-9(14)7-12(11)15;1-15-12-9(13)6-5-8(11(12)14)10-4-2-3-7-16-10;1-8-4-5-15-12(6-8)10-3-2-9(13)7-11(10)14;2*12-8-4-5-9(10(13)7-8)11-3-1-2-6-14-11;5*1-4-3-5(2)9(8-4)6(7)10;;;;;/h3,5-8H,1-2H3;2-4,6-7H;2,4-7H,1H3;2*1-4,6-7H;5*3H,1-2H3,(H2,7,10);;;;;/q5*-1;;;;;;;;;;+2/p-5. The molecule has 0 aliphatic carbocycles. The molecule has 0 atom stereocenters. The van der Waals surface area contributed by atoms with Crippen molar-refractivity contribution < 1.29 is 169 Å². The number of hydrogen-bond donors (Lipinski definition) is 0. The number of benzene rings is 5. The minimum Gasteiger partial charge on any atom is -0.446 e.